The second kappa shape index (κ2) is 5.25. The molecule has 0 spiro atoms. The van der Waals surface area contributed by atoms with Crippen LogP contribution in [0.25, 0.3) is 0 Å². The van der Waals surface area contributed by atoms with E-state index in [0.717, 1.165) is 32.6 Å². The molecule has 1 amide bonds. The second-order valence-corrected chi connectivity index (χ2v) is 6.29. The number of hydrogen-bond acceptors (Lipinski definition) is 5. The van der Waals surface area contributed by atoms with E-state index in [-0.39, 0.29) is 12.1 Å². The minimum atomic E-state index is -0.452. The summed E-state index contributed by atoms with van der Waals surface area (Å²) >= 11 is 0. The van der Waals surface area contributed by atoms with Gasteiger partial charge in [-0.15, -0.1) is 0 Å². The monoisotopic (exact) mass is 266 g/mol. The first-order valence-electron chi connectivity index (χ1n) is 6.75. The van der Waals surface area contributed by atoms with Gasteiger partial charge in [-0.05, 0) is 27.2 Å². The average Bonchev–Trinajstić information content (AvgIpc) is 2.68. The van der Waals surface area contributed by atoms with Crippen molar-refractivity contribution < 1.29 is 9.53 Å². The Bertz CT molecular complexity index is 379. The predicted octanol–water partition coefficient (Wildman–Crippen LogP) is 0.751. The van der Waals surface area contributed by atoms with E-state index < -0.39 is 5.60 Å². The Morgan fingerprint density at radius 1 is 1.37 bits per heavy atom. The summed E-state index contributed by atoms with van der Waals surface area (Å²) in [5.74, 6) is 0. The van der Waals surface area contributed by atoms with Crippen molar-refractivity contribution in [3.63, 3.8) is 0 Å². The molecule has 2 saturated heterocycles. The number of nitriles is 1. The van der Waals surface area contributed by atoms with Crippen LogP contribution in [0.15, 0.2) is 0 Å². The molecule has 1 N–H and O–H groups in total. The number of rotatable bonds is 2. The quantitative estimate of drug-likeness (QED) is 0.747. The first kappa shape index (κ1) is 13.9. The number of likely N-dealkylation sites (tertiary alicyclic amines) is 2. The van der Waals surface area contributed by atoms with Gasteiger partial charge in [0.1, 0.15) is 5.60 Å². The maximum Gasteiger partial charge on any atom is 0.407 e. The van der Waals surface area contributed by atoms with Gasteiger partial charge < -0.3 is 15.0 Å². The van der Waals surface area contributed by atoms with Crippen LogP contribution < -0.4 is 5.32 Å². The van der Waals surface area contributed by atoms with Crippen molar-refractivity contribution in [3.8, 4) is 6.19 Å². The Hall–Kier alpha value is -1.48. The van der Waals surface area contributed by atoms with Gasteiger partial charge in [-0.1, -0.05) is 0 Å². The van der Waals surface area contributed by atoms with E-state index in [1.807, 2.05) is 20.8 Å². The number of alkyl carbamates (subject to hydrolysis) is 1. The van der Waals surface area contributed by atoms with Crippen molar-refractivity contribution in [3.05, 3.63) is 0 Å². The fourth-order valence-electron chi connectivity index (χ4n) is 2.51. The number of nitrogens with zero attached hydrogens (tertiary/aromatic N) is 3. The Morgan fingerprint density at radius 3 is 2.58 bits per heavy atom. The number of amides is 1. The highest BCUT2D eigenvalue weighted by Crippen LogP contribution is 2.20. The van der Waals surface area contributed by atoms with Gasteiger partial charge in [-0.3, -0.25) is 4.90 Å². The molecule has 2 heterocycles. The van der Waals surface area contributed by atoms with Crippen LogP contribution in [0.5, 0.6) is 0 Å². The molecular weight excluding hydrogens is 244 g/mol. The topological polar surface area (TPSA) is 68.6 Å². The average molecular weight is 266 g/mol. The van der Waals surface area contributed by atoms with Crippen molar-refractivity contribution in [1.82, 2.24) is 15.1 Å². The van der Waals surface area contributed by atoms with Gasteiger partial charge in [0.25, 0.3) is 0 Å². The summed E-state index contributed by atoms with van der Waals surface area (Å²) in [4.78, 5) is 15.7. The minimum absolute atomic E-state index is 0.172. The first-order valence-corrected chi connectivity index (χ1v) is 6.75. The molecule has 0 bridgehead atoms. The van der Waals surface area contributed by atoms with Crippen LogP contribution >= 0.6 is 0 Å². The lowest BCUT2D eigenvalue weighted by molar-refractivity contribution is 0.0334. The van der Waals surface area contributed by atoms with Gasteiger partial charge in [-0.2, -0.15) is 5.26 Å². The molecule has 0 aliphatic carbocycles. The number of carbonyl (C=O) groups excluding carboxylic acids is 1. The molecule has 0 saturated carbocycles. The zero-order chi connectivity index (χ0) is 14.0. The van der Waals surface area contributed by atoms with Crippen molar-refractivity contribution in [2.24, 2.45) is 0 Å². The molecular formula is C13H22N4O2. The lowest BCUT2D eigenvalue weighted by Gasteiger charge is -2.43. The Balaban J connectivity index is 1.67. The molecule has 6 heteroatoms. The van der Waals surface area contributed by atoms with Crippen molar-refractivity contribution in [1.29, 1.82) is 5.26 Å². The number of nitrogens with one attached hydrogen (secondary N) is 1. The highest BCUT2D eigenvalue weighted by molar-refractivity contribution is 5.68. The summed E-state index contributed by atoms with van der Waals surface area (Å²) in [5, 5.41) is 11.7. The smallest absolute Gasteiger partial charge is 0.407 e. The number of ether oxygens (including phenoxy) is 1. The molecule has 1 atom stereocenters. The maximum absolute atomic E-state index is 11.6. The largest absolute Gasteiger partial charge is 0.444 e. The fourth-order valence-corrected chi connectivity index (χ4v) is 2.51. The third kappa shape index (κ3) is 3.74. The van der Waals surface area contributed by atoms with Gasteiger partial charge in [-0.25, -0.2) is 4.79 Å². The van der Waals surface area contributed by atoms with Crippen LogP contribution in [0, 0.1) is 11.5 Å². The number of hydrogen-bond donors (Lipinski definition) is 1. The second-order valence-electron chi connectivity index (χ2n) is 6.29. The highest BCUT2D eigenvalue weighted by Gasteiger charge is 2.37. The Kier molecular flexibility index (Phi) is 3.85. The summed E-state index contributed by atoms with van der Waals surface area (Å²) in [6, 6.07) is 0.627. The van der Waals surface area contributed by atoms with Gasteiger partial charge in [0, 0.05) is 32.2 Å². The zero-order valence-corrected chi connectivity index (χ0v) is 11.8. The summed E-state index contributed by atoms with van der Waals surface area (Å²) < 4.78 is 5.22. The standard InChI is InChI=1S/C13H22N4O2/c1-13(2,3)19-12(18)15-10-6-17(7-10)11-4-5-16(8-11)9-14/h10-11H,4-8H2,1-3H3,(H,15,18). The first-order chi connectivity index (χ1) is 8.87. The van der Waals surface area contributed by atoms with E-state index in [2.05, 4.69) is 16.4 Å². The van der Waals surface area contributed by atoms with Gasteiger partial charge >= 0.3 is 6.09 Å². The van der Waals surface area contributed by atoms with E-state index in [4.69, 9.17) is 10.00 Å². The van der Waals surface area contributed by atoms with Gasteiger partial charge in [0.05, 0.1) is 6.04 Å². The van der Waals surface area contributed by atoms with Crippen LogP contribution in [0.4, 0.5) is 4.79 Å². The molecule has 106 valence electrons. The zero-order valence-electron chi connectivity index (χ0n) is 11.8. The highest BCUT2D eigenvalue weighted by atomic mass is 16.6. The molecule has 1 unspecified atom stereocenters. The van der Waals surface area contributed by atoms with Crippen LogP contribution in [-0.4, -0.2) is 59.8 Å². The fraction of sp³-hybridized carbons (Fsp3) is 0.846. The summed E-state index contributed by atoms with van der Waals surface area (Å²) in [7, 11) is 0. The molecule has 0 aromatic heterocycles. The van der Waals surface area contributed by atoms with Crippen molar-refractivity contribution in [2.75, 3.05) is 26.2 Å². The lowest BCUT2D eigenvalue weighted by atomic mass is 10.0. The molecule has 19 heavy (non-hydrogen) atoms. The molecule has 2 aliphatic heterocycles. The van der Waals surface area contributed by atoms with E-state index in [1.165, 1.54) is 0 Å². The van der Waals surface area contributed by atoms with E-state index in [1.54, 1.807) is 4.90 Å². The molecule has 0 aromatic rings. The van der Waals surface area contributed by atoms with E-state index in [0.29, 0.717) is 6.04 Å². The number of carbonyl (C=O) groups is 1. The van der Waals surface area contributed by atoms with E-state index in [9.17, 15) is 4.79 Å². The molecule has 2 rings (SSSR count). The molecule has 2 fully saturated rings. The third-order valence-electron chi connectivity index (χ3n) is 3.45. The molecule has 0 radical (unpaired) electrons. The summed E-state index contributed by atoms with van der Waals surface area (Å²) in [6.45, 7) is 8.93. The SMILES string of the molecule is CC(C)(C)OC(=O)NC1CN(C2CCN(C#N)C2)C1. The van der Waals surface area contributed by atoms with Gasteiger partial charge in [0.15, 0.2) is 6.19 Å². The van der Waals surface area contributed by atoms with Crippen molar-refractivity contribution >= 4 is 6.09 Å². The molecule has 6 nitrogen and oxygen atoms in total. The van der Waals surface area contributed by atoms with E-state index >= 15 is 0 Å². The van der Waals surface area contributed by atoms with Crippen LogP contribution in [-0.2, 0) is 4.74 Å². The Labute approximate surface area is 114 Å². The van der Waals surface area contributed by atoms with Gasteiger partial charge in [0.2, 0.25) is 0 Å². The van der Waals surface area contributed by atoms with Crippen LogP contribution in [0.3, 0.4) is 0 Å². The lowest BCUT2D eigenvalue weighted by Crippen LogP contribution is -2.62. The summed E-state index contributed by atoms with van der Waals surface area (Å²) in [6.07, 6.45) is 2.87. The molecule has 0 aromatic carbocycles. The van der Waals surface area contributed by atoms with Crippen molar-refractivity contribution in [2.45, 2.75) is 44.9 Å². The maximum atomic E-state index is 11.6. The predicted molar refractivity (Wildman–Crippen MR) is 70.3 cm³/mol. The third-order valence-corrected chi connectivity index (χ3v) is 3.45. The normalized spacial score (nSPS) is 24.7. The summed E-state index contributed by atoms with van der Waals surface area (Å²) in [5.41, 5.74) is -0.452. The minimum Gasteiger partial charge on any atom is -0.444 e. The Morgan fingerprint density at radius 2 is 2.05 bits per heavy atom. The van der Waals surface area contributed by atoms with Crippen LogP contribution in [0.1, 0.15) is 27.2 Å². The molecule has 2 aliphatic rings. The van der Waals surface area contributed by atoms with Crippen LogP contribution in [0.2, 0.25) is 0 Å².